The molecule has 4 rings (SSSR count). The van der Waals surface area contributed by atoms with Gasteiger partial charge in [-0.1, -0.05) is 25.8 Å². The number of ether oxygens (including phenoxy) is 1. The molecule has 0 saturated carbocycles. The number of nitrogens with zero attached hydrogens (tertiary/aromatic N) is 3. The third-order valence-electron chi connectivity index (χ3n) is 5.19. The average molecular weight is 353 g/mol. The Morgan fingerprint density at radius 3 is 3.04 bits per heavy atom. The highest BCUT2D eigenvalue weighted by Crippen LogP contribution is 2.41. The van der Waals surface area contributed by atoms with Crippen molar-refractivity contribution < 1.29 is 13.9 Å². The summed E-state index contributed by atoms with van der Waals surface area (Å²) in [5.41, 5.74) is 3.19. The Labute approximate surface area is 152 Å². The molecular weight excluding hydrogens is 330 g/mol. The van der Waals surface area contributed by atoms with Crippen LogP contribution in [-0.4, -0.2) is 41.0 Å². The topological polar surface area (TPSA) is 68.5 Å². The Balaban J connectivity index is 1.74. The predicted octanol–water partition coefficient (Wildman–Crippen LogP) is 3.89. The molecule has 6 nitrogen and oxygen atoms in total. The van der Waals surface area contributed by atoms with E-state index in [0.29, 0.717) is 23.3 Å². The van der Waals surface area contributed by atoms with E-state index in [1.165, 1.54) is 6.33 Å². The van der Waals surface area contributed by atoms with Crippen LogP contribution < -0.4 is 4.74 Å². The van der Waals surface area contributed by atoms with Crippen molar-refractivity contribution in [1.29, 1.82) is 0 Å². The van der Waals surface area contributed by atoms with E-state index in [0.717, 1.165) is 48.8 Å². The van der Waals surface area contributed by atoms with Gasteiger partial charge in [-0.2, -0.15) is 0 Å². The van der Waals surface area contributed by atoms with Crippen LogP contribution >= 0.6 is 0 Å². The lowest BCUT2D eigenvalue weighted by Crippen LogP contribution is -2.26. The van der Waals surface area contributed by atoms with Crippen molar-refractivity contribution in [3.05, 3.63) is 30.2 Å². The van der Waals surface area contributed by atoms with Gasteiger partial charge in [-0.3, -0.25) is 4.79 Å². The minimum Gasteiger partial charge on any atom is -0.493 e. The lowest BCUT2D eigenvalue weighted by Gasteiger charge is -2.17. The number of carbonyl (C=O) groups is 1. The summed E-state index contributed by atoms with van der Waals surface area (Å²) in [6.07, 6.45) is 7.11. The van der Waals surface area contributed by atoms with Gasteiger partial charge in [0.25, 0.3) is 0 Å². The Morgan fingerprint density at radius 2 is 2.23 bits per heavy atom. The minimum atomic E-state index is 0.147. The van der Waals surface area contributed by atoms with E-state index in [-0.39, 0.29) is 11.8 Å². The smallest absolute Gasteiger partial charge is 0.223 e. The van der Waals surface area contributed by atoms with Gasteiger partial charge < -0.3 is 14.1 Å². The molecule has 0 N–H and O–H groups in total. The summed E-state index contributed by atoms with van der Waals surface area (Å²) in [5.74, 6) is 1.05. The molecule has 0 spiro atoms. The molecule has 3 aromatic rings. The monoisotopic (exact) mass is 353 g/mol. The van der Waals surface area contributed by atoms with E-state index in [4.69, 9.17) is 9.15 Å². The number of hydrogen-bond acceptors (Lipinski definition) is 5. The Bertz CT molecular complexity index is 950. The molecule has 1 aromatic carbocycles. The summed E-state index contributed by atoms with van der Waals surface area (Å²) in [6.45, 7) is 3.77. The molecule has 1 fully saturated rings. The van der Waals surface area contributed by atoms with E-state index in [1.807, 2.05) is 17.0 Å². The molecular formula is C20H23N3O3. The molecule has 1 saturated heterocycles. The minimum absolute atomic E-state index is 0.147. The number of carbonyl (C=O) groups excluding carboxylic acids is 1. The average Bonchev–Trinajstić information content (AvgIpc) is 3.22. The third kappa shape index (κ3) is 2.79. The summed E-state index contributed by atoms with van der Waals surface area (Å²) < 4.78 is 11.4. The van der Waals surface area contributed by atoms with Crippen molar-refractivity contribution >= 4 is 28.0 Å². The first kappa shape index (κ1) is 16.8. The lowest BCUT2D eigenvalue weighted by molar-refractivity contribution is -0.127. The highest BCUT2D eigenvalue weighted by Gasteiger charge is 2.32. The van der Waals surface area contributed by atoms with Gasteiger partial charge in [-0.25, -0.2) is 9.97 Å². The van der Waals surface area contributed by atoms with Crippen LogP contribution in [0.1, 0.15) is 44.1 Å². The number of methoxy groups -OCH3 is 1. The molecule has 0 bridgehead atoms. The van der Waals surface area contributed by atoms with Crippen molar-refractivity contribution in [2.24, 2.45) is 0 Å². The van der Waals surface area contributed by atoms with E-state index >= 15 is 0 Å². The first-order valence-electron chi connectivity index (χ1n) is 9.19. The summed E-state index contributed by atoms with van der Waals surface area (Å²) in [7, 11) is 1.63. The van der Waals surface area contributed by atoms with Crippen LogP contribution in [-0.2, 0) is 4.79 Å². The molecule has 6 heteroatoms. The van der Waals surface area contributed by atoms with Crippen LogP contribution in [0.15, 0.2) is 29.1 Å². The molecule has 26 heavy (non-hydrogen) atoms. The van der Waals surface area contributed by atoms with Crippen LogP contribution in [0.2, 0.25) is 0 Å². The summed E-state index contributed by atoms with van der Waals surface area (Å²) in [6, 6.07) is 3.96. The number of benzene rings is 1. The maximum Gasteiger partial charge on any atom is 0.223 e. The first-order chi connectivity index (χ1) is 12.7. The zero-order valence-electron chi connectivity index (χ0n) is 15.2. The van der Waals surface area contributed by atoms with Gasteiger partial charge in [0.05, 0.1) is 18.7 Å². The van der Waals surface area contributed by atoms with Crippen LogP contribution in [0.3, 0.4) is 0 Å². The maximum atomic E-state index is 12.5. The fourth-order valence-corrected chi connectivity index (χ4v) is 3.86. The van der Waals surface area contributed by atoms with Gasteiger partial charge in [0, 0.05) is 25.4 Å². The number of rotatable bonds is 6. The fraction of sp³-hybridized carbons (Fsp3) is 0.450. The van der Waals surface area contributed by atoms with Gasteiger partial charge in [0.15, 0.2) is 16.9 Å². The van der Waals surface area contributed by atoms with Gasteiger partial charge in [0.1, 0.15) is 11.8 Å². The zero-order valence-corrected chi connectivity index (χ0v) is 15.2. The van der Waals surface area contributed by atoms with E-state index in [9.17, 15) is 4.79 Å². The van der Waals surface area contributed by atoms with Gasteiger partial charge in [0.2, 0.25) is 5.91 Å². The Kier molecular flexibility index (Phi) is 4.49. The Hall–Kier alpha value is -2.63. The number of likely N-dealkylation sites (tertiary alicyclic amines) is 1. The van der Waals surface area contributed by atoms with E-state index in [1.54, 1.807) is 13.3 Å². The van der Waals surface area contributed by atoms with Crippen LogP contribution in [0.5, 0.6) is 5.75 Å². The summed E-state index contributed by atoms with van der Waals surface area (Å²) in [5, 5.41) is 0.940. The largest absolute Gasteiger partial charge is 0.493 e. The van der Waals surface area contributed by atoms with Crippen molar-refractivity contribution in [1.82, 2.24) is 14.9 Å². The number of aromatic nitrogens is 2. The molecule has 0 radical (unpaired) electrons. The normalized spacial score (nSPS) is 17.5. The second-order valence-electron chi connectivity index (χ2n) is 6.85. The van der Waals surface area contributed by atoms with Gasteiger partial charge in [-0.05, 0) is 18.1 Å². The second kappa shape index (κ2) is 6.94. The quantitative estimate of drug-likeness (QED) is 0.629. The molecule has 3 heterocycles. The van der Waals surface area contributed by atoms with Crippen molar-refractivity contribution in [2.45, 2.75) is 38.5 Å². The molecule has 136 valence electrons. The molecule has 1 atom stereocenters. The molecule has 1 aliphatic rings. The third-order valence-corrected chi connectivity index (χ3v) is 5.19. The molecule has 1 amide bonds. The number of hydrogen-bond donors (Lipinski definition) is 0. The SMILES string of the molecule is CCCCCN1CC(c2ccc(OC)c3oc4cncnc4c23)CC1=O. The zero-order chi connectivity index (χ0) is 18.1. The molecule has 1 aliphatic heterocycles. The van der Waals surface area contributed by atoms with Crippen LogP contribution in [0.4, 0.5) is 0 Å². The van der Waals surface area contributed by atoms with Crippen molar-refractivity contribution in [3.8, 4) is 5.75 Å². The van der Waals surface area contributed by atoms with Crippen LogP contribution in [0.25, 0.3) is 22.1 Å². The molecule has 2 aromatic heterocycles. The number of amides is 1. The molecule has 1 unspecified atom stereocenters. The predicted molar refractivity (Wildman–Crippen MR) is 99.3 cm³/mol. The van der Waals surface area contributed by atoms with Crippen LogP contribution in [0, 0.1) is 0 Å². The van der Waals surface area contributed by atoms with Crippen molar-refractivity contribution in [2.75, 3.05) is 20.2 Å². The highest BCUT2D eigenvalue weighted by molar-refractivity contribution is 6.06. The summed E-state index contributed by atoms with van der Waals surface area (Å²) >= 11 is 0. The maximum absolute atomic E-state index is 12.5. The van der Waals surface area contributed by atoms with E-state index in [2.05, 4.69) is 16.9 Å². The fourth-order valence-electron chi connectivity index (χ4n) is 3.86. The van der Waals surface area contributed by atoms with Gasteiger partial charge in [-0.15, -0.1) is 0 Å². The molecule has 0 aliphatic carbocycles. The number of furan rings is 1. The Morgan fingerprint density at radius 1 is 1.35 bits per heavy atom. The summed E-state index contributed by atoms with van der Waals surface area (Å²) in [4.78, 5) is 22.9. The van der Waals surface area contributed by atoms with E-state index < -0.39 is 0 Å². The lowest BCUT2D eigenvalue weighted by atomic mass is 9.94. The number of unbranched alkanes of at least 4 members (excludes halogenated alkanes) is 2. The number of fused-ring (bicyclic) bond motifs is 3. The van der Waals surface area contributed by atoms with Crippen molar-refractivity contribution in [3.63, 3.8) is 0 Å². The highest BCUT2D eigenvalue weighted by atomic mass is 16.5. The first-order valence-corrected chi connectivity index (χ1v) is 9.19. The van der Waals surface area contributed by atoms with Gasteiger partial charge >= 0.3 is 0 Å². The standard InChI is InChI=1S/C20H23N3O3/c1-3-4-5-8-23-11-13(9-17(23)24)14-6-7-15(25-2)20-18(14)19-16(26-20)10-21-12-22-19/h6-7,10,12-13H,3-5,8-9,11H2,1-2H3. The second-order valence-corrected chi connectivity index (χ2v) is 6.85.